The third-order valence-electron chi connectivity index (χ3n) is 5.65. The van der Waals surface area contributed by atoms with E-state index in [9.17, 15) is 18.0 Å². The molecule has 0 bridgehead atoms. The summed E-state index contributed by atoms with van der Waals surface area (Å²) in [5.74, 6) is -0.0733. The fourth-order valence-electron chi connectivity index (χ4n) is 3.90. The van der Waals surface area contributed by atoms with E-state index in [4.69, 9.17) is 0 Å². The molecule has 1 aliphatic rings. The molecule has 0 aliphatic carbocycles. The summed E-state index contributed by atoms with van der Waals surface area (Å²) in [5, 5.41) is 8.11. The maximum atomic E-state index is 13.1. The molecule has 0 saturated carbocycles. The third-order valence-corrected chi connectivity index (χ3v) is 5.65. The van der Waals surface area contributed by atoms with E-state index in [-0.39, 0.29) is 5.91 Å². The maximum absolute atomic E-state index is 13.1. The predicted octanol–water partition coefficient (Wildman–Crippen LogP) is 3.65. The smallest absolute Gasteiger partial charge is 0.332 e. The minimum absolute atomic E-state index is 0.0733. The highest BCUT2D eigenvalue weighted by atomic mass is 19.4. The minimum Gasteiger partial charge on any atom is -0.332 e. The van der Waals surface area contributed by atoms with Gasteiger partial charge in [0, 0.05) is 31.8 Å². The van der Waals surface area contributed by atoms with Crippen molar-refractivity contribution in [2.24, 2.45) is 14.1 Å². The van der Waals surface area contributed by atoms with Crippen molar-refractivity contribution in [1.29, 1.82) is 0 Å². The molecule has 6 nitrogen and oxygen atoms in total. The molecule has 2 aromatic heterocycles. The second-order valence-electron chi connectivity index (χ2n) is 7.71. The maximum Gasteiger partial charge on any atom is 0.435 e. The van der Waals surface area contributed by atoms with E-state index in [2.05, 4.69) is 10.2 Å². The van der Waals surface area contributed by atoms with Gasteiger partial charge in [0.05, 0.1) is 23.6 Å². The summed E-state index contributed by atoms with van der Waals surface area (Å²) in [6, 6.07) is 6.67. The fraction of sp³-hybridized carbons (Fsp3) is 0.381. The molecule has 0 N–H and O–H groups in total. The molecule has 0 atom stereocenters. The molecule has 0 unspecified atom stereocenters. The van der Waals surface area contributed by atoms with Crippen LogP contribution in [-0.4, -0.2) is 36.9 Å². The normalized spacial score (nSPS) is 14.2. The first kappa shape index (κ1) is 20.2. The van der Waals surface area contributed by atoms with Crippen LogP contribution in [0.2, 0.25) is 0 Å². The Bertz CT molecular complexity index is 1140. The average molecular weight is 417 g/mol. The molecule has 4 rings (SSSR count). The quantitative estimate of drug-likeness (QED) is 0.640. The number of amides is 1. The van der Waals surface area contributed by atoms with Gasteiger partial charge < -0.3 is 4.90 Å². The number of alkyl halides is 3. The molecule has 0 spiro atoms. The number of hydrogen-bond donors (Lipinski definition) is 0. The predicted molar refractivity (Wildman–Crippen MR) is 105 cm³/mol. The van der Waals surface area contributed by atoms with Gasteiger partial charge in [0.1, 0.15) is 0 Å². The van der Waals surface area contributed by atoms with Gasteiger partial charge in [0.15, 0.2) is 5.69 Å². The summed E-state index contributed by atoms with van der Waals surface area (Å²) in [6.45, 7) is 4.75. The Morgan fingerprint density at radius 3 is 2.40 bits per heavy atom. The second kappa shape index (κ2) is 7.00. The molecule has 158 valence electrons. The summed E-state index contributed by atoms with van der Waals surface area (Å²) in [6.07, 6.45) is -3.99. The van der Waals surface area contributed by atoms with Gasteiger partial charge in [0.25, 0.3) is 5.91 Å². The van der Waals surface area contributed by atoms with Crippen LogP contribution in [0.5, 0.6) is 0 Å². The topological polar surface area (TPSA) is 56.0 Å². The standard InChI is InChI=1S/C21H22F3N5O/c1-12-5-6-14(9-13(12)2)20(30)29-8-7-15-16(11-29)25-28(4)19(15)17-10-18(21(22,23)24)26-27(17)3/h5-6,9-10H,7-8,11H2,1-4H3. The lowest BCUT2D eigenvalue weighted by molar-refractivity contribution is -0.141. The molecule has 30 heavy (non-hydrogen) atoms. The first-order valence-corrected chi connectivity index (χ1v) is 9.59. The molecule has 1 amide bonds. The van der Waals surface area contributed by atoms with E-state index in [1.807, 2.05) is 32.0 Å². The van der Waals surface area contributed by atoms with Crippen LogP contribution in [0, 0.1) is 13.8 Å². The zero-order valence-electron chi connectivity index (χ0n) is 17.2. The Kier molecular flexibility index (Phi) is 4.71. The summed E-state index contributed by atoms with van der Waals surface area (Å²) >= 11 is 0. The number of rotatable bonds is 2. The lowest BCUT2D eigenvalue weighted by atomic mass is 10.0. The number of aryl methyl sites for hydroxylation is 4. The highest BCUT2D eigenvalue weighted by molar-refractivity contribution is 5.94. The summed E-state index contributed by atoms with van der Waals surface area (Å²) in [5.41, 5.74) is 4.38. The van der Waals surface area contributed by atoms with Gasteiger partial charge in [-0.15, -0.1) is 0 Å². The number of halogens is 3. The molecule has 9 heteroatoms. The van der Waals surface area contributed by atoms with Crippen LogP contribution < -0.4 is 0 Å². The summed E-state index contributed by atoms with van der Waals surface area (Å²) in [4.78, 5) is 14.7. The molecule has 1 aromatic carbocycles. The Morgan fingerprint density at radius 1 is 1.03 bits per heavy atom. The van der Waals surface area contributed by atoms with Crippen molar-refractivity contribution in [3.8, 4) is 11.4 Å². The van der Waals surface area contributed by atoms with E-state index in [0.29, 0.717) is 42.2 Å². The van der Waals surface area contributed by atoms with Crippen LogP contribution in [0.15, 0.2) is 24.3 Å². The average Bonchev–Trinajstić information content (AvgIpc) is 3.21. The monoisotopic (exact) mass is 417 g/mol. The molecule has 0 saturated heterocycles. The summed E-state index contributed by atoms with van der Waals surface area (Å²) in [7, 11) is 3.19. The van der Waals surface area contributed by atoms with Gasteiger partial charge in [-0.05, 0) is 49.6 Å². The lowest BCUT2D eigenvalue weighted by Crippen LogP contribution is -2.36. The van der Waals surface area contributed by atoms with Crippen LogP contribution in [0.25, 0.3) is 11.4 Å². The molecule has 1 aliphatic heterocycles. The van der Waals surface area contributed by atoms with Gasteiger partial charge in [-0.3, -0.25) is 14.2 Å². The molecular formula is C21H22F3N5O. The molecular weight excluding hydrogens is 395 g/mol. The van der Waals surface area contributed by atoms with Gasteiger partial charge in [-0.2, -0.15) is 23.4 Å². The molecule has 3 aromatic rings. The Hall–Kier alpha value is -3.10. The fourth-order valence-corrected chi connectivity index (χ4v) is 3.90. The number of benzene rings is 1. The molecule has 3 heterocycles. The number of aromatic nitrogens is 4. The van der Waals surface area contributed by atoms with E-state index in [1.54, 1.807) is 16.6 Å². The summed E-state index contributed by atoms with van der Waals surface area (Å²) < 4.78 is 42.0. The molecule has 0 fully saturated rings. The van der Waals surface area contributed by atoms with Crippen LogP contribution in [0.3, 0.4) is 0 Å². The van der Waals surface area contributed by atoms with Crippen LogP contribution in [0.4, 0.5) is 13.2 Å². The van der Waals surface area contributed by atoms with Crippen molar-refractivity contribution in [3.05, 3.63) is 57.9 Å². The van der Waals surface area contributed by atoms with E-state index >= 15 is 0 Å². The van der Waals surface area contributed by atoms with Crippen molar-refractivity contribution >= 4 is 5.91 Å². The number of carbonyl (C=O) groups is 1. The van der Waals surface area contributed by atoms with Gasteiger partial charge in [0.2, 0.25) is 0 Å². The third kappa shape index (κ3) is 3.38. The zero-order chi connectivity index (χ0) is 21.8. The van der Waals surface area contributed by atoms with E-state index < -0.39 is 11.9 Å². The van der Waals surface area contributed by atoms with Crippen molar-refractivity contribution in [1.82, 2.24) is 24.5 Å². The lowest BCUT2D eigenvalue weighted by Gasteiger charge is -2.27. The van der Waals surface area contributed by atoms with Crippen molar-refractivity contribution < 1.29 is 18.0 Å². The van der Waals surface area contributed by atoms with E-state index in [0.717, 1.165) is 22.8 Å². The Balaban J connectivity index is 1.65. The second-order valence-corrected chi connectivity index (χ2v) is 7.71. The van der Waals surface area contributed by atoms with Crippen LogP contribution in [0.1, 0.15) is 38.4 Å². The van der Waals surface area contributed by atoms with Crippen LogP contribution >= 0.6 is 0 Å². The van der Waals surface area contributed by atoms with Gasteiger partial charge in [-0.1, -0.05) is 6.07 Å². The number of nitrogens with zero attached hydrogens (tertiary/aromatic N) is 5. The zero-order valence-corrected chi connectivity index (χ0v) is 17.2. The molecule has 0 radical (unpaired) electrons. The SMILES string of the molecule is Cc1ccc(C(=O)N2CCc3c(nn(C)c3-c3cc(C(F)(F)F)nn3C)C2)cc1C. The van der Waals surface area contributed by atoms with Gasteiger partial charge >= 0.3 is 6.18 Å². The first-order chi connectivity index (χ1) is 14.1. The Labute approximate surface area is 171 Å². The number of carbonyl (C=O) groups excluding carboxylic acids is 1. The van der Waals surface area contributed by atoms with Crippen molar-refractivity contribution in [3.63, 3.8) is 0 Å². The highest BCUT2D eigenvalue weighted by Gasteiger charge is 2.36. The number of fused-ring (bicyclic) bond motifs is 1. The Morgan fingerprint density at radius 2 is 1.77 bits per heavy atom. The van der Waals surface area contributed by atoms with Crippen LogP contribution in [-0.2, 0) is 33.2 Å². The van der Waals surface area contributed by atoms with Crippen molar-refractivity contribution in [2.75, 3.05) is 6.54 Å². The van der Waals surface area contributed by atoms with Gasteiger partial charge in [-0.25, -0.2) is 0 Å². The minimum atomic E-state index is -4.51. The van der Waals surface area contributed by atoms with Crippen molar-refractivity contribution in [2.45, 2.75) is 33.0 Å². The number of hydrogen-bond acceptors (Lipinski definition) is 3. The first-order valence-electron chi connectivity index (χ1n) is 9.59. The highest BCUT2D eigenvalue weighted by Crippen LogP contribution is 2.34. The largest absolute Gasteiger partial charge is 0.435 e. The van der Waals surface area contributed by atoms with E-state index in [1.165, 1.54) is 11.7 Å².